The van der Waals surface area contributed by atoms with E-state index < -0.39 is 12.0 Å². The van der Waals surface area contributed by atoms with Gasteiger partial charge in [0.1, 0.15) is 11.9 Å². The number of benzene rings is 1. The molecule has 0 aliphatic carbocycles. The van der Waals surface area contributed by atoms with Crippen molar-refractivity contribution < 1.29 is 14.3 Å². The summed E-state index contributed by atoms with van der Waals surface area (Å²) in [5.41, 5.74) is 0.741. The van der Waals surface area contributed by atoms with Crippen LogP contribution in [-0.2, 0) is 4.79 Å². The lowest BCUT2D eigenvalue weighted by Gasteiger charge is -2.34. The van der Waals surface area contributed by atoms with Gasteiger partial charge in [0.05, 0.1) is 0 Å². The number of hydrogen-bond acceptors (Lipinski definition) is 3. The molecule has 5 heteroatoms. The first-order valence-corrected chi connectivity index (χ1v) is 7.62. The van der Waals surface area contributed by atoms with Crippen molar-refractivity contribution >= 4 is 23.4 Å². The first-order valence-electron chi connectivity index (χ1n) is 6.23. The van der Waals surface area contributed by atoms with Crippen molar-refractivity contribution in [2.75, 3.05) is 16.9 Å². The summed E-state index contributed by atoms with van der Waals surface area (Å²) in [7, 11) is 0. The summed E-state index contributed by atoms with van der Waals surface area (Å²) in [6.45, 7) is 3.89. The molecule has 0 spiro atoms. The van der Waals surface area contributed by atoms with Gasteiger partial charge in [-0.05, 0) is 56.5 Å². The molecule has 1 aromatic carbocycles. The van der Waals surface area contributed by atoms with Gasteiger partial charge >= 0.3 is 5.97 Å². The molecule has 19 heavy (non-hydrogen) atoms. The Labute approximate surface area is 117 Å². The maximum Gasteiger partial charge on any atom is 0.326 e. The number of carboxylic acid groups (broad SMARTS) is 1. The van der Waals surface area contributed by atoms with Crippen molar-refractivity contribution in [1.82, 2.24) is 0 Å². The molecule has 0 saturated carbocycles. The highest BCUT2D eigenvalue weighted by Crippen LogP contribution is 2.23. The summed E-state index contributed by atoms with van der Waals surface area (Å²) in [5.74, 6) is -0.378. The van der Waals surface area contributed by atoms with Gasteiger partial charge in [-0.25, -0.2) is 9.18 Å². The Kier molecular flexibility index (Phi) is 6.15. The number of carboxylic acids is 1. The van der Waals surface area contributed by atoms with Crippen molar-refractivity contribution in [2.24, 2.45) is 0 Å². The van der Waals surface area contributed by atoms with E-state index in [2.05, 4.69) is 0 Å². The van der Waals surface area contributed by atoms with Crippen LogP contribution in [-0.4, -0.2) is 35.2 Å². The van der Waals surface area contributed by atoms with E-state index in [9.17, 15) is 14.3 Å². The number of hydrogen-bond donors (Lipinski definition) is 1. The molecule has 0 bridgehead atoms. The van der Waals surface area contributed by atoms with Gasteiger partial charge in [0.25, 0.3) is 0 Å². The zero-order valence-electron chi connectivity index (χ0n) is 11.5. The van der Waals surface area contributed by atoms with E-state index in [1.807, 2.05) is 25.0 Å². The number of rotatable bonds is 7. The van der Waals surface area contributed by atoms with Gasteiger partial charge in [-0.15, -0.1) is 0 Å². The summed E-state index contributed by atoms with van der Waals surface area (Å²) >= 11 is 1.62. The molecule has 0 fully saturated rings. The molecular weight excluding hydrogens is 265 g/mol. The van der Waals surface area contributed by atoms with Gasteiger partial charge in [-0.3, -0.25) is 0 Å². The number of carbonyl (C=O) groups is 1. The number of thioether (sulfide) groups is 1. The van der Waals surface area contributed by atoms with Crippen molar-refractivity contribution in [1.29, 1.82) is 0 Å². The molecule has 1 unspecified atom stereocenters. The fourth-order valence-corrected chi connectivity index (χ4v) is 2.52. The van der Waals surface area contributed by atoms with Gasteiger partial charge in [0.15, 0.2) is 0 Å². The third-order valence-corrected chi connectivity index (χ3v) is 3.54. The summed E-state index contributed by atoms with van der Waals surface area (Å²) < 4.78 is 13.0. The van der Waals surface area contributed by atoms with E-state index in [1.54, 1.807) is 23.9 Å². The lowest BCUT2D eigenvalue weighted by atomic mass is 10.1. The van der Waals surface area contributed by atoms with Gasteiger partial charge in [0.2, 0.25) is 0 Å². The van der Waals surface area contributed by atoms with Crippen LogP contribution in [0.2, 0.25) is 0 Å². The molecule has 0 saturated heterocycles. The molecule has 0 aliphatic heterocycles. The summed E-state index contributed by atoms with van der Waals surface area (Å²) in [5, 5.41) is 9.41. The Bertz CT molecular complexity index is 408. The molecule has 106 valence electrons. The average molecular weight is 285 g/mol. The number of anilines is 1. The second kappa shape index (κ2) is 7.38. The molecular formula is C14H20FNO2S. The van der Waals surface area contributed by atoms with Gasteiger partial charge in [-0.2, -0.15) is 11.8 Å². The largest absolute Gasteiger partial charge is 0.480 e. The molecule has 0 aliphatic rings. The summed E-state index contributed by atoms with van der Waals surface area (Å²) in [6.07, 6.45) is 2.52. The second-order valence-electron chi connectivity index (χ2n) is 4.61. The van der Waals surface area contributed by atoms with E-state index in [1.165, 1.54) is 12.1 Å². The van der Waals surface area contributed by atoms with Gasteiger partial charge in [-0.1, -0.05) is 0 Å². The van der Waals surface area contributed by atoms with Crippen LogP contribution in [0.15, 0.2) is 24.3 Å². The zero-order valence-corrected chi connectivity index (χ0v) is 12.3. The standard InChI is InChI=1S/C14H20FNO2S/c1-10(2)16(12-6-4-11(15)5-7-12)13(14(17)18)8-9-19-3/h4-7,10,13H,8-9H2,1-3H3,(H,17,18). The Hall–Kier alpha value is -1.23. The highest BCUT2D eigenvalue weighted by molar-refractivity contribution is 7.98. The average Bonchev–Trinajstić information content (AvgIpc) is 2.35. The maximum atomic E-state index is 13.0. The molecule has 0 aromatic heterocycles. The molecule has 1 N–H and O–H groups in total. The number of aliphatic carboxylic acids is 1. The van der Waals surface area contributed by atoms with Crippen molar-refractivity contribution in [3.8, 4) is 0 Å². The van der Waals surface area contributed by atoms with Crippen molar-refractivity contribution in [3.05, 3.63) is 30.1 Å². The minimum Gasteiger partial charge on any atom is -0.480 e. The zero-order chi connectivity index (χ0) is 14.4. The summed E-state index contributed by atoms with van der Waals surface area (Å²) in [6, 6.07) is 5.43. The highest BCUT2D eigenvalue weighted by Gasteiger charge is 2.27. The minimum absolute atomic E-state index is 0.0356. The Morgan fingerprint density at radius 2 is 1.95 bits per heavy atom. The number of nitrogens with zero attached hydrogens (tertiary/aromatic N) is 1. The number of halogens is 1. The third kappa shape index (κ3) is 4.42. The predicted octanol–water partition coefficient (Wildman–Crippen LogP) is 3.25. The van der Waals surface area contributed by atoms with E-state index in [4.69, 9.17) is 0 Å². The van der Waals surface area contributed by atoms with E-state index in [0.29, 0.717) is 6.42 Å². The topological polar surface area (TPSA) is 40.5 Å². The SMILES string of the molecule is CSCCC(C(=O)O)N(c1ccc(F)cc1)C(C)C. The van der Waals surface area contributed by atoms with Crippen LogP contribution in [0, 0.1) is 5.82 Å². The van der Waals surface area contributed by atoms with Gasteiger partial charge in [0, 0.05) is 11.7 Å². The molecule has 3 nitrogen and oxygen atoms in total. The molecule has 1 aromatic rings. The molecule has 1 atom stereocenters. The molecule has 0 radical (unpaired) electrons. The maximum absolute atomic E-state index is 13.0. The fourth-order valence-electron chi connectivity index (χ4n) is 2.06. The van der Waals surface area contributed by atoms with Gasteiger partial charge < -0.3 is 10.0 Å². The quantitative estimate of drug-likeness (QED) is 0.835. The van der Waals surface area contributed by atoms with Crippen molar-refractivity contribution in [2.45, 2.75) is 32.4 Å². The van der Waals surface area contributed by atoms with E-state index >= 15 is 0 Å². The van der Waals surface area contributed by atoms with Crippen LogP contribution >= 0.6 is 11.8 Å². The Morgan fingerprint density at radius 3 is 2.37 bits per heavy atom. The third-order valence-electron chi connectivity index (χ3n) is 2.90. The van der Waals surface area contributed by atoms with Crippen LogP contribution in [0.25, 0.3) is 0 Å². The van der Waals surface area contributed by atoms with Crippen LogP contribution < -0.4 is 4.90 Å². The fraction of sp³-hybridized carbons (Fsp3) is 0.500. The molecule has 0 amide bonds. The van der Waals surface area contributed by atoms with Crippen LogP contribution in [0.3, 0.4) is 0 Å². The Morgan fingerprint density at radius 1 is 1.37 bits per heavy atom. The molecule has 0 heterocycles. The molecule has 1 rings (SSSR count). The van der Waals surface area contributed by atoms with Crippen LogP contribution in [0.1, 0.15) is 20.3 Å². The smallest absolute Gasteiger partial charge is 0.326 e. The Balaban J connectivity index is 3.02. The van der Waals surface area contributed by atoms with Crippen LogP contribution in [0.4, 0.5) is 10.1 Å². The predicted molar refractivity (Wildman–Crippen MR) is 78.4 cm³/mol. The minimum atomic E-state index is -0.841. The first kappa shape index (κ1) is 15.8. The highest BCUT2D eigenvalue weighted by atomic mass is 32.2. The van der Waals surface area contributed by atoms with Crippen molar-refractivity contribution in [3.63, 3.8) is 0 Å². The lowest BCUT2D eigenvalue weighted by molar-refractivity contribution is -0.138. The summed E-state index contributed by atoms with van der Waals surface area (Å²) in [4.78, 5) is 13.3. The second-order valence-corrected chi connectivity index (χ2v) is 5.60. The van der Waals surface area contributed by atoms with E-state index in [-0.39, 0.29) is 11.9 Å². The normalized spacial score (nSPS) is 12.5. The lowest BCUT2D eigenvalue weighted by Crippen LogP contribution is -2.46. The van der Waals surface area contributed by atoms with E-state index in [0.717, 1.165) is 11.4 Å². The first-order chi connectivity index (χ1) is 8.97. The monoisotopic (exact) mass is 285 g/mol. The van der Waals surface area contributed by atoms with Crippen LogP contribution in [0.5, 0.6) is 0 Å².